The fourth-order valence-corrected chi connectivity index (χ4v) is 2.73. The van der Waals surface area contributed by atoms with Gasteiger partial charge in [-0.1, -0.05) is 60.7 Å². The molecule has 3 aromatic rings. The summed E-state index contributed by atoms with van der Waals surface area (Å²) in [5.74, 6) is 0. The lowest BCUT2D eigenvalue weighted by Crippen LogP contribution is -1.93. The van der Waals surface area contributed by atoms with Crippen molar-refractivity contribution < 1.29 is 0 Å². The Kier molecular flexibility index (Phi) is 3.57. The SMILES string of the molecule is Nc1c(Br)cc(-c2ccccc2)cc1-c1ccccc1. The van der Waals surface area contributed by atoms with Crippen molar-refractivity contribution in [2.75, 3.05) is 5.73 Å². The van der Waals surface area contributed by atoms with E-state index in [1.165, 1.54) is 5.56 Å². The van der Waals surface area contributed by atoms with Crippen molar-refractivity contribution in [2.45, 2.75) is 0 Å². The number of anilines is 1. The van der Waals surface area contributed by atoms with Gasteiger partial charge in [-0.05, 0) is 44.8 Å². The largest absolute Gasteiger partial charge is 0.397 e. The van der Waals surface area contributed by atoms with Crippen LogP contribution in [0.5, 0.6) is 0 Å². The predicted molar refractivity (Wildman–Crippen MR) is 89.4 cm³/mol. The molecule has 0 spiro atoms. The summed E-state index contributed by atoms with van der Waals surface area (Å²) in [6.07, 6.45) is 0. The summed E-state index contributed by atoms with van der Waals surface area (Å²) < 4.78 is 0.928. The van der Waals surface area contributed by atoms with Gasteiger partial charge in [-0.3, -0.25) is 0 Å². The topological polar surface area (TPSA) is 26.0 Å². The van der Waals surface area contributed by atoms with E-state index in [1.54, 1.807) is 0 Å². The molecule has 0 aliphatic rings. The first-order valence-electron chi connectivity index (χ1n) is 6.45. The van der Waals surface area contributed by atoms with Crippen LogP contribution < -0.4 is 5.73 Å². The van der Waals surface area contributed by atoms with Gasteiger partial charge in [0.2, 0.25) is 0 Å². The van der Waals surface area contributed by atoms with Gasteiger partial charge in [0.05, 0.1) is 5.69 Å². The van der Waals surface area contributed by atoms with Gasteiger partial charge in [0.15, 0.2) is 0 Å². The van der Waals surface area contributed by atoms with Gasteiger partial charge in [-0.15, -0.1) is 0 Å². The molecule has 0 bridgehead atoms. The highest BCUT2D eigenvalue weighted by Crippen LogP contribution is 2.36. The van der Waals surface area contributed by atoms with E-state index in [1.807, 2.05) is 36.4 Å². The van der Waals surface area contributed by atoms with Crippen LogP contribution in [-0.2, 0) is 0 Å². The lowest BCUT2D eigenvalue weighted by molar-refractivity contribution is 1.56. The molecule has 0 heterocycles. The molecule has 3 aromatic carbocycles. The van der Waals surface area contributed by atoms with Crippen LogP contribution in [0.25, 0.3) is 22.3 Å². The summed E-state index contributed by atoms with van der Waals surface area (Å²) in [5.41, 5.74) is 11.5. The van der Waals surface area contributed by atoms with Gasteiger partial charge < -0.3 is 5.73 Å². The van der Waals surface area contributed by atoms with Crippen LogP contribution in [0.15, 0.2) is 77.3 Å². The number of halogens is 1. The zero-order valence-corrected chi connectivity index (χ0v) is 12.5. The zero-order chi connectivity index (χ0) is 13.9. The molecule has 0 atom stereocenters. The van der Waals surface area contributed by atoms with Gasteiger partial charge >= 0.3 is 0 Å². The average molecular weight is 324 g/mol. The maximum absolute atomic E-state index is 6.21. The molecular weight excluding hydrogens is 310 g/mol. The zero-order valence-electron chi connectivity index (χ0n) is 10.9. The molecule has 0 amide bonds. The number of nitrogens with two attached hydrogens (primary N) is 1. The Hall–Kier alpha value is -2.06. The third kappa shape index (κ3) is 2.47. The third-order valence-corrected chi connectivity index (χ3v) is 3.98. The molecule has 20 heavy (non-hydrogen) atoms. The van der Waals surface area contributed by atoms with Crippen LogP contribution in [0.3, 0.4) is 0 Å². The molecule has 0 saturated carbocycles. The number of rotatable bonds is 2. The van der Waals surface area contributed by atoms with Crippen LogP contribution in [0.4, 0.5) is 5.69 Å². The molecule has 2 N–H and O–H groups in total. The van der Waals surface area contributed by atoms with E-state index in [0.29, 0.717) is 0 Å². The van der Waals surface area contributed by atoms with Gasteiger partial charge in [-0.25, -0.2) is 0 Å². The molecule has 0 aliphatic carbocycles. The van der Waals surface area contributed by atoms with E-state index in [0.717, 1.165) is 26.9 Å². The molecule has 0 fully saturated rings. The van der Waals surface area contributed by atoms with Crippen LogP contribution in [0.2, 0.25) is 0 Å². The molecule has 98 valence electrons. The van der Waals surface area contributed by atoms with Crippen molar-refractivity contribution in [3.05, 3.63) is 77.3 Å². The summed E-state index contributed by atoms with van der Waals surface area (Å²) in [6.45, 7) is 0. The van der Waals surface area contributed by atoms with Gasteiger partial charge in [0.1, 0.15) is 0 Å². The Morgan fingerprint density at radius 1 is 0.650 bits per heavy atom. The second-order valence-electron chi connectivity index (χ2n) is 4.65. The van der Waals surface area contributed by atoms with Crippen molar-refractivity contribution in [1.29, 1.82) is 0 Å². The van der Waals surface area contributed by atoms with Gasteiger partial charge in [0, 0.05) is 10.0 Å². The summed E-state index contributed by atoms with van der Waals surface area (Å²) in [5, 5.41) is 0. The lowest BCUT2D eigenvalue weighted by Gasteiger charge is -2.11. The highest BCUT2D eigenvalue weighted by molar-refractivity contribution is 9.10. The molecule has 0 unspecified atom stereocenters. The molecule has 0 aliphatic heterocycles. The Balaban J connectivity index is 2.19. The van der Waals surface area contributed by atoms with E-state index >= 15 is 0 Å². The highest BCUT2D eigenvalue weighted by Gasteiger charge is 2.09. The molecule has 0 radical (unpaired) electrons. The summed E-state index contributed by atoms with van der Waals surface area (Å²) >= 11 is 3.57. The van der Waals surface area contributed by atoms with Gasteiger partial charge in [0.25, 0.3) is 0 Å². The van der Waals surface area contributed by atoms with Crippen molar-refractivity contribution in [3.8, 4) is 22.3 Å². The van der Waals surface area contributed by atoms with E-state index in [2.05, 4.69) is 52.3 Å². The smallest absolute Gasteiger partial charge is 0.0538 e. The van der Waals surface area contributed by atoms with E-state index < -0.39 is 0 Å². The maximum atomic E-state index is 6.21. The first kappa shape index (κ1) is 12.9. The fraction of sp³-hybridized carbons (Fsp3) is 0. The number of nitrogen functional groups attached to an aromatic ring is 1. The van der Waals surface area contributed by atoms with E-state index in [-0.39, 0.29) is 0 Å². The molecular formula is C18H14BrN. The number of hydrogen-bond acceptors (Lipinski definition) is 1. The van der Waals surface area contributed by atoms with Crippen LogP contribution in [-0.4, -0.2) is 0 Å². The second-order valence-corrected chi connectivity index (χ2v) is 5.51. The Bertz CT molecular complexity index is 721. The first-order valence-corrected chi connectivity index (χ1v) is 7.25. The summed E-state index contributed by atoms with van der Waals surface area (Å²) in [4.78, 5) is 0. The molecule has 1 nitrogen and oxygen atoms in total. The Labute approximate surface area is 127 Å². The number of benzene rings is 3. The quantitative estimate of drug-likeness (QED) is 0.631. The highest BCUT2D eigenvalue weighted by atomic mass is 79.9. The predicted octanol–water partition coefficient (Wildman–Crippen LogP) is 5.37. The summed E-state index contributed by atoms with van der Waals surface area (Å²) in [7, 11) is 0. The minimum Gasteiger partial charge on any atom is -0.397 e. The normalized spacial score (nSPS) is 10.4. The monoisotopic (exact) mass is 323 g/mol. The lowest BCUT2D eigenvalue weighted by atomic mass is 9.97. The van der Waals surface area contributed by atoms with Gasteiger partial charge in [-0.2, -0.15) is 0 Å². The standard InChI is InChI=1S/C18H14BrN/c19-17-12-15(13-7-3-1-4-8-13)11-16(18(17)20)14-9-5-2-6-10-14/h1-12H,20H2. The maximum Gasteiger partial charge on any atom is 0.0538 e. The Morgan fingerprint density at radius 3 is 1.80 bits per heavy atom. The molecule has 2 heteroatoms. The fourth-order valence-electron chi connectivity index (χ4n) is 2.27. The van der Waals surface area contributed by atoms with Crippen LogP contribution in [0, 0.1) is 0 Å². The molecule has 3 rings (SSSR count). The first-order chi connectivity index (χ1) is 9.75. The second kappa shape index (κ2) is 5.51. The Morgan fingerprint density at radius 2 is 1.20 bits per heavy atom. The van der Waals surface area contributed by atoms with Crippen LogP contribution in [0.1, 0.15) is 0 Å². The van der Waals surface area contributed by atoms with Crippen molar-refractivity contribution in [3.63, 3.8) is 0 Å². The van der Waals surface area contributed by atoms with Crippen molar-refractivity contribution >= 4 is 21.6 Å². The van der Waals surface area contributed by atoms with E-state index in [9.17, 15) is 0 Å². The van der Waals surface area contributed by atoms with Crippen molar-refractivity contribution in [1.82, 2.24) is 0 Å². The number of hydrogen-bond donors (Lipinski definition) is 1. The summed E-state index contributed by atoms with van der Waals surface area (Å²) in [6, 6.07) is 24.7. The molecule has 0 saturated heterocycles. The van der Waals surface area contributed by atoms with E-state index in [4.69, 9.17) is 5.73 Å². The minimum atomic E-state index is 0.774. The average Bonchev–Trinajstić information content (AvgIpc) is 2.51. The van der Waals surface area contributed by atoms with Crippen LogP contribution >= 0.6 is 15.9 Å². The molecule has 0 aromatic heterocycles. The minimum absolute atomic E-state index is 0.774. The van der Waals surface area contributed by atoms with Crippen molar-refractivity contribution in [2.24, 2.45) is 0 Å². The third-order valence-electron chi connectivity index (χ3n) is 3.32.